The zero-order valence-corrected chi connectivity index (χ0v) is 23.9. The van der Waals surface area contributed by atoms with Crippen LogP contribution in [0.2, 0.25) is 0 Å². The third-order valence-corrected chi connectivity index (χ3v) is 7.79. The van der Waals surface area contributed by atoms with Crippen LogP contribution in [0.1, 0.15) is 188 Å². The maximum absolute atomic E-state index is 11.1. The summed E-state index contributed by atoms with van der Waals surface area (Å²) < 4.78 is 0. The van der Waals surface area contributed by atoms with E-state index >= 15 is 0 Å². The summed E-state index contributed by atoms with van der Waals surface area (Å²) in [4.78, 5) is 11.1. The van der Waals surface area contributed by atoms with Crippen LogP contribution in [0.4, 0.5) is 0 Å². The average Bonchev–Trinajstić information content (AvgIpc) is 2.81. The first-order valence-electron chi connectivity index (χ1n) is 15.8. The van der Waals surface area contributed by atoms with Crippen LogP contribution in [0.25, 0.3) is 0 Å². The molecule has 2 atom stereocenters. The molecule has 0 aliphatic carbocycles. The number of aliphatic carboxylic acids is 1. The smallest absolute Gasteiger partial charge is 0.303 e. The molecule has 0 spiro atoms. The highest BCUT2D eigenvalue weighted by Gasteiger charge is 2.12. The van der Waals surface area contributed by atoms with E-state index < -0.39 is 5.97 Å². The van der Waals surface area contributed by atoms with Crippen molar-refractivity contribution in [3.05, 3.63) is 0 Å². The highest BCUT2D eigenvalue weighted by molar-refractivity contribution is 5.66. The van der Waals surface area contributed by atoms with Crippen molar-refractivity contribution >= 4 is 5.97 Å². The zero-order chi connectivity index (χ0) is 25.1. The highest BCUT2D eigenvalue weighted by Crippen LogP contribution is 2.22. The van der Waals surface area contributed by atoms with Gasteiger partial charge in [-0.1, -0.05) is 168 Å². The van der Waals surface area contributed by atoms with Crippen LogP contribution in [-0.2, 0) is 4.79 Å². The second-order valence-electron chi connectivity index (χ2n) is 11.4. The molecule has 2 heteroatoms. The zero-order valence-electron chi connectivity index (χ0n) is 23.9. The largest absolute Gasteiger partial charge is 0.481 e. The van der Waals surface area contributed by atoms with Gasteiger partial charge in [-0.05, 0) is 24.7 Å². The Balaban J connectivity index is 3.38. The normalized spacial score (nSPS) is 13.3. The lowest BCUT2D eigenvalue weighted by molar-refractivity contribution is -0.138. The number of carbonyl (C=O) groups is 1. The number of carboxylic acid groups (broad SMARTS) is 1. The molecule has 0 fully saturated rings. The predicted octanol–water partition coefficient (Wildman–Crippen LogP) is 11.5. The topological polar surface area (TPSA) is 37.3 Å². The Kier molecular flexibility index (Phi) is 26.6. The third-order valence-electron chi connectivity index (χ3n) is 7.79. The molecular formula is C32H64O2. The predicted molar refractivity (Wildman–Crippen MR) is 152 cm³/mol. The Labute approximate surface area is 215 Å². The van der Waals surface area contributed by atoms with Crippen molar-refractivity contribution in [2.45, 2.75) is 188 Å². The second kappa shape index (κ2) is 27.1. The summed E-state index contributed by atoms with van der Waals surface area (Å²) in [5.41, 5.74) is 0. The van der Waals surface area contributed by atoms with E-state index in [0.29, 0.717) is 12.3 Å². The minimum Gasteiger partial charge on any atom is -0.481 e. The van der Waals surface area contributed by atoms with E-state index in [9.17, 15) is 4.79 Å². The number of hydrogen-bond acceptors (Lipinski definition) is 1. The molecule has 0 aliphatic heterocycles. The third kappa shape index (κ3) is 26.1. The minimum atomic E-state index is -0.612. The molecule has 0 heterocycles. The van der Waals surface area contributed by atoms with Gasteiger partial charge in [0.25, 0.3) is 0 Å². The van der Waals surface area contributed by atoms with E-state index in [1.165, 1.54) is 148 Å². The van der Waals surface area contributed by atoms with Gasteiger partial charge in [0, 0.05) is 6.42 Å². The number of carboxylic acids is 1. The molecule has 2 nitrogen and oxygen atoms in total. The van der Waals surface area contributed by atoms with Crippen molar-refractivity contribution in [1.29, 1.82) is 0 Å². The highest BCUT2D eigenvalue weighted by atomic mass is 16.4. The maximum Gasteiger partial charge on any atom is 0.303 e. The van der Waals surface area contributed by atoms with Gasteiger partial charge < -0.3 is 5.11 Å². The second-order valence-corrected chi connectivity index (χ2v) is 11.4. The summed E-state index contributed by atoms with van der Waals surface area (Å²) >= 11 is 0. The van der Waals surface area contributed by atoms with E-state index in [-0.39, 0.29) is 0 Å². The van der Waals surface area contributed by atoms with E-state index in [1.54, 1.807) is 0 Å². The van der Waals surface area contributed by atoms with Crippen molar-refractivity contribution in [3.63, 3.8) is 0 Å². The Morgan fingerprint density at radius 1 is 0.500 bits per heavy atom. The van der Waals surface area contributed by atoms with Crippen LogP contribution >= 0.6 is 0 Å². The number of unbranched alkanes of at least 4 members (excludes halogenated alkanes) is 18. The van der Waals surface area contributed by atoms with Crippen LogP contribution in [0.3, 0.4) is 0 Å². The van der Waals surface area contributed by atoms with Crippen LogP contribution in [0.5, 0.6) is 0 Å². The van der Waals surface area contributed by atoms with Crippen molar-refractivity contribution in [2.24, 2.45) is 11.8 Å². The molecule has 0 aromatic carbocycles. The van der Waals surface area contributed by atoms with Crippen LogP contribution in [0.15, 0.2) is 0 Å². The average molecular weight is 481 g/mol. The SMILES string of the molecule is CCCCCCCCCCC(C)CCCCCCCCCCCCC(CCCCC)CC(=O)O. The Bertz CT molecular complexity index is 406. The molecule has 2 unspecified atom stereocenters. The first kappa shape index (κ1) is 33.5. The van der Waals surface area contributed by atoms with Crippen LogP contribution in [0, 0.1) is 11.8 Å². The lowest BCUT2D eigenvalue weighted by atomic mass is 9.92. The Hall–Kier alpha value is -0.530. The van der Waals surface area contributed by atoms with E-state index in [4.69, 9.17) is 5.11 Å². The summed E-state index contributed by atoms with van der Waals surface area (Å²) in [7, 11) is 0. The van der Waals surface area contributed by atoms with Gasteiger partial charge in [0.05, 0.1) is 0 Å². The Morgan fingerprint density at radius 2 is 0.794 bits per heavy atom. The summed E-state index contributed by atoms with van der Waals surface area (Å²) in [6.45, 7) is 6.98. The van der Waals surface area contributed by atoms with Gasteiger partial charge in [-0.15, -0.1) is 0 Å². The van der Waals surface area contributed by atoms with Gasteiger partial charge in [0.15, 0.2) is 0 Å². The standard InChI is InChI=1S/C32H64O2/c1-4-6-8-9-10-15-18-22-25-30(3)26-23-19-16-13-11-12-14-17-20-24-28-31(29-32(33)34)27-21-7-5-2/h30-31H,4-29H2,1-3H3,(H,33,34). The molecule has 34 heavy (non-hydrogen) atoms. The van der Waals surface area contributed by atoms with Gasteiger partial charge >= 0.3 is 5.97 Å². The molecule has 0 aliphatic rings. The first-order chi connectivity index (χ1) is 16.6. The quantitative estimate of drug-likeness (QED) is 0.113. The molecule has 0 saturated carbocycles. The maximum atomic E-state index is 11.1. The van der Waals surface area contributed by atoms with Crippen molar-refractivity contribution < 1.29 is 9.90 Å². The van der Waals surface area contributed by atoms with Crippen LogP contribution < -0.4 is 0 Å². The van der Waals surface area contributed by atoms with Crippen molar-refractivity contribution in [2.75, 3.05) is 0 Å². The van der Waals surface area contributed by atoms with E-state index in [2.05, 4.69) is 20.8 Å². The Morgan fingerprint density at radius 3 is 1.18 bits per heavy atom. The van der Waals surface area contributed by atoms with Gasteiger partial charge in [-0.2, -0.15) is 0 Å². The molecule has 1 N–H and O–H groups in total. The molecule has 204 valence electrons. The monoisotopic (exact) mass is 480 g/mol. The fourth-order valence-electron chi connectivity index (χ4n) is 5.39. The lowest BCUT2D eigenvalue weighted by Gasteiger charge is -2.14. The van der Waals surface area contributed by atoms with Crippen molar-refractivity contribution in [3.8, 4) is 0 Å². The molecule has 0 amide bonds. The first-order valence-corrected chi connectivity index (χ1v) is 15.8. The summed E-state index contributed by atoms with van der Waals surface area (Å²) in [6, 6.07) is 0. The van der Waals surface area contributed by atoms with Gasteiger partial charge in [-0.25, -0.2) is 0 Å². The molecule has 0 radical (unpaired) electrons. The fraction of sp³-hybridized carbons (Fsp3) is 0.969. The van der Waals surface area contributed by atoms with Gasteiger partial charge in [-0.3, -0.25) is 4.79 Å². The minimum absolute atomic E-state index is 0.377. The van der Waals surface area contributed by atoms with Gasteiger partial charge in [0.1, 0.15) is 0 Å². The number of hydrogen-bond donors (Lipinski definition) is 1. The molecule has 0 aromatic rings. The number of rotatable bonds is 28. The molecule has 0 aromatic heterocycles. The lowest BCUT2D eigenvalue weighted by Crippen LogP contribution is -2.08. The molecular weight excluding hydrogens is 416 g/mol. The summed E-state index contributed by atoms with van der Waals surface area (Å²) in [5.74, 6) is 0.730. The molecule has 0 saturated heterocycles. The molecule has 0 bridgehead atoms. The van der Waals surface area contributed by atoms with E-state index in [0.717, 1.165) is 18.8 Å². The van der Waals surface area contributed by atoms with Crippen molar-refractivity contribution in [1.82, 2.24) is 0 Å². The summed E-state index contributed by atoms with van der Waals surface area (Å²) in [5, 5.41) is 9.12. The summed E-state index contributed by atoms with van der Waals surface area (Å²) in [6.07, 6.45) is 34.4. The van der Waals surface area contributed by atoms with E-state index in [1.807, 2.05) is 0 Å². The van der Waals surface area contributed by atoms with Crippen LogP contribution in [-0.4, -0.2) is 11.1 Å². The fourth-order valence-corrected chi connectivity index (χ4v) is 5.39. The van der Waals surface area contributed by atoms with Gasteiger partial charge in [0.2, 0.25) is 0 Å². The molecule has 0 rings (SSSR count).